The van der Waals surface area contributed by atoms with E-state index < -0.39 is 21.9 Å². The molecule has 0 saturated carbocycles. The number of carboxylic acids is 1. The number of halogens is 2. The lowest BCUT2D eigenvalue weighted by Crippen LogP contribution is -2.30. The lowest BCUT2D eigenvalue weighted by atomic mass is 10.1. The molecule has 1 atom stereocenters. The Bertz CT molecular complexity index is 617. The van der Waals surface area contributed by atoms with Crippen LogP contribution in [-0.4, -0.2) is 36.9 Å². The van der Waals surface area contributed by atoms with E-state index in [2.05, 4.69) is 0 Å². The number of nitrogens with zero attached hydrogens (tertiary/aromatic N) is 1. The van der Waals surface area contributed by atoms with Crippen molar-refractivity contribution >= 4 is 39.2 Å². The predicted molar refractivity (Wildman–Crippen MR) is 71.0 cm³/mol. The van der Waals surface area contributed by atoms with Crippen molar-refractivity contribution in [1.29, 1.82) is 0 Å². The highest BCUT2D eigenvalue weighted by molar-refractivity contribution is 7.89. The topological polar surface area (TPSA) is 74.7 Å². The standard InChI is InChI=1S/C11H11Cl2NO4S/c12-8-1-2-10(9(13)5-8)19(17,18)14-4-3-7(6-14)11(15)16/h1-2,5,7H,3-4,6H2,(H,15,16). The van der Waals surface area contributed by atoms with Gasteiger partial charge < -0.3 is 5.11 Å². The Balaban J connectivity index is 2.31. The summed E-state index contributed by atoms with van der Waals surface area (Å²) in [6, 6.07) is 4.11. The van der Waals surface area contributed by atoms with Gasteiger partial charge >= 0.3 is 5.97 Å². The van der Waals surface area contributed by atoms with E-state index in [1.165, 1.54) is 18.2 Å². The van der Waals surface area contributed by atoms with E-state index in [1.54, 1.807) is 0 Å². The molecule has 8 heteroatoms. The summed E-state index contributed by atoms with van der Waals surface area (Å²) in [7, 11) is -3.77. The number of sulfonamides is 1. The van der Waals surface area contributed by atoms with Gasteiger partial charge in [0.2, 0.25) is 10.0 Å². The molecule has 0 amide bonds. The fourth-order valence-electron chi connectivity index (χ4n) is 1.97. The quantitative estimate of drug-likeness (QED) is 0.924. The van der Waals surface area contributed by atoms with Crippen molar-refractivity contribution in [1.82, 2.24) is 4.31 Å². The van der Waals surface area contributed by atoms with Crippen molar-refractivity contribution in [3.05, 3.63) is 28.2 Å². The second-order valence-electron chi connectivity index (χ2n) is 4.26. The molecular formula is C11H11Cl2NO4S. The highest BCUT2D eigenvalue weighted by atomic mass is 35.5. The molecule has 104 valence electrons. The zero-order valence-electron chi connectivity index (χ0n) is 9.71. The SMILES string of the molecule is O=C(O)C1CCN(S(=O)(=O)c2ccc(Cl)cc2Cl)C1. The minimum atomic E-state index is -3.77. The summed E-state index contributed by atoms with van der Waals surface area (Å²) in [6.45, 7) is 0.148. The molecule has 0 aliphatic carbocycles. The number of carboxylic acid groups (broad SMARTS) is 1. The summed E-state index contributed by atoms with van der Waals surface area (Å²) in [6.07, 6.45) is 0.305. The van der Waals surface area contributed by atoms with Crippen LogP contribution in [0.5, 0.6) is 0 Å². The van der Waals surface area contributed by atoms with E-state index in [9.17, 15) is 13.2 Å². The molecular weight excluding hydrogens is 313 g/mol. The third-order valence-corrected chi connectivity index (χ3v) is 5.60. The number of carbonyl (C=O) groups is 1. The molecule has 0 radical (unpaired) electrons. The van der Waals surface area contributed by atoms with Crippen LogP contribution in [0.15, 0.2) is 23.1 Å². The second-order valence-corrected chi connectivity index (χ2v) is 7.01. The number of rotatable bonds is 3. The van der Waals surface area contributed by atoms with Gasteiger partial charge in [-0.1, -0.05) is 23.2 Å². The Kier molecular flexibility index (Phi) is 4.06. The van der Waals surface area contributed by atoms with Crippen LogP contribution in [0, 0.1) is 5.92 Å². The van der Waals surface area contributed by atoms with Crippen LogP contribution in [0.1, 0.15) is 6.42 Å². The normalized spacial score (nSPS) is 20.6. The molecule has 0 bridgehead atoms. The van der Waals surface area contributed by atoms with Crippen LogP contribution in [0.3, 0.4) is 0 Å². The van der Waals surface area contributed by atoms with Crippen molar-refractivity contribution in [3.63, 3.8) is 0 Å². The summed E-state index contributed by atoms with van der Waals surface area (Å²) in [5, 5.41) is 9.27. The van der Waals surface area contributed by atoms with E-state index in [4.69, 9.17) is 28.3 Å². The van der Waals surface area contributed by atoms with Gasteiger partial charge in [-0.3, -0.25) is 4.79 Å². The highest BCUT2D eigenvalue weighted by Crippen LogP contribution is 2.30. The first kappa shape index (κ1) is 14.6. The van der Waals surface area contributed by atoms with Gasteiger partial charge in [0.1, 0.15) is 4.90 Å². The Labute approximate surface area is 120 Å². The average Bonchev–Trinajstić information content (AvgIpc) is 2.78. The fourth-order valence-corrected chi connectivity index (χ4v) is 4.22. The van der Waals surface area contributed by atoms with Crippen molar-refractivity contribution in [3.8, 4) is 0 Å². The molecule has 19 heavy (non-hydrogen) atoms. The molecule has 1 aromatic rings. The first-order valence-corrected chi connectivity index (χ1v) is 7.70. The maximum absolute atomic E-state index is 12.3. The Morgan fingerprint density at radius 2 is 2.05 bits per heavy atom. The zero-order valence-corrected chi connectivity index (χ0v) is 12.0. The number of aliphatic carboxylic acids is 1. The molecule has 1 fully saturated rings. The van der Waals surface area contributed by atoms with Gasteiger partial charge in [-0.15, -0.1) is 0 Å². The van der Waals surface area contributed by atoms with Crippen molar-refractivity contribution in [2.45, 2.75) is 11.3 Å². The van der Waals surface area contributed by atoms with Crippen molar-refractivity contribution < 1.29 is 18.3 Å². The molecule has 1 saturated heterocycles. The van der Waals surface area contributed by atoms with E-state index in [0.29, 0.717) is 11.4 Å². The maximum Gasteiger partial charge on any atom is 0.307 e. The zero-order chi connectivity index (χ0) is 14.2. The summed E-state index contributed by atoms with van der Waals surface area (Å²) < 4.78 is 25.8. The van der Waals surface area contributed by atoms with Gasteiger partial charge in [0.25, 0.3) is 0 Å². The number of hydrogen-bond acceptors (Lipinski definition) is 3. The summed E-state index contributed by atoms with van der Waals surface area (Å²) in [5.74, 6) is -1.65. The Morgan fingerprint density at radius 1 is 1.37 bits per heavy atom. The van der Waals surface area contributed by atoms with Crippen molar-refractivity contribution in [2.24, 2.45) is 5.92 Å². The average molecular weight is 324 g/mol. The lowest BCUT2D eigenvalue weighted by molar-refractivity contribution is -0.141. The molecule has 1 heterocycles. The summed E-state index contributed by atoms with van der Waals surface area (Å²) in [4.78, 5) is 10.8. The van der Waals surface area contributed by atoms with Gasteiger partial charge in [0.15, 0.2) is 0 Å². The van der Waals surface area contributed by atoms with Gasteiger partial charge in [-0.05, 0) is 24.6 Å². The largest absolute Gasteiger partial charge is 0.481 e. The van der Waals surface area contributed by atoms with E-state index >= 15 is 0 Å². The van der Waals surface area contributed by atoms with Crippen LogP contribution in [0.25, 0.3) is 0 Å². The number of hydrogen-bond donors (Lipinski definition) is 1. The highest BCUT2D eigenvalue weighted by Gasteiger charge is 2.36. The van der Waals surface area contributed by atoms with Gasteiger partial charge in [0, 0.05) is 18.1 Å². The van der Waals surface area contributed by atoms with Crippen molar-refractivity contribution in [2.75, 3.05) is 13.1 Å². The van der Waals surface area contributed by atoms with Crippen LogP contribution in [-0.2, 0) is 14.8 Å². The Morgan fingerprint density at radius 3 is 2.58 bits per heavy atom. The predicted octanol–water partition coefficient (Wildman–Crippen LogP) is 2.09. The van der Waals surface area contributed by atoms with E-state index in [0.717, 1.165) is 4.31 Å². The first-order chi connectivity index (χ1) is 8.82. The molecule has 0 aromatic heterocycles. The van der Waals surface area contributed by atoms with Gasteiger partial charge in [0.05, 0.1) is 10.9 Å². The summed E-state index contributed by atoms with van der Waals surface area (Å²) in [5.41, 5.74) is 0. The van der Waals surface area contributed by atoms with Crippen LogP contribution >= 0.6 is 23.2 Å². The molecule has 5 nitrogen and oxygen atoms in total. The molecule has 1 aromatic carbocycles. The maximum atomic E-state index is 12.3. The van der Waals surface area contributed by atoms with Crippen LogP contribution in [0.2, 0.25) is 10.0 Å². The fraction of sp³-hybridized carbons (Fsp3) is 0.364. The monoisotopic (exact) mass is 323 g/mol. The minimum absolute atomic E-state index is 0.0311. The molecule has 1 unspecified atom stereocenters. The van der Waals surface area contributed by atoms with Gasteiger partial charge in [-0.2, -0.15) is 4.31 Å². The van der Waals surface area contributed by atoms with Crippen LogP contribution < -0.4 is 0 Å². The third kappa shape index (κ3) is 2.86. The first-order valence-electron chi connectivity index (χ1n) is 5.50. The summed E-state index contributed by atoms with van der Waals surface area (Å²) >= 11 is 11.6. The lowest BCUT2D eigenvalue weighted by Gasteiger charge is -2.16. The van der Waals surface area contributed by atoms with Crippen LogP contribution in [0.4, 0.5) is 0 Å². The molecule has 0 spiro atoms. The van der Waals surface area contributed by atoms with Gasteiger partial charge in [-0.25, -0.2) is 8.42 Å². The van der Waals surface area contributed by atoms with E-state index in [-0.39, 0.29) is 23.0 Å². The molecule has 1 N–H and O–H groups in total. The minimum Gasteiger partial charge on any atom is -0.481 e. The smallest absolute Gasteiger partial charge is 0.307 e. The molecule has 2 rings (SSSR count). The van der Waals surface area contributed by atoms with E-state index in [1.807, 2.05) is 0 Å². The second kappa shape index (κ2) is 5.28. The Hall–Kier alpha value is -0.820. The molecule has 1 aliphatic heterocycles. The number of benzene rings is 1. The molecule has 1 aliphatic rings. The third-order valence-electron chi connectivity index (χ3n) is 3.01.